The lowest BCUT2D eigenvalue weighted by atomic mass is 9.94. The minimum atomic E-state index is -6.00. The minimum absolute atomic E-state index is 0.0572. The van der Waals surface area contributed by atoms with Crippen molar-refractivity contribution in [1.29, 1.82) is 5.39 Å². The molecule has 1 heterocycles. The van der Waals surface area contributed by atoms with E-state index in [-0.39, 0.29) is 11.8 Å². The topological polar surface area (TPSA) is 69.6 Å². The summed E-state index contributed by atoms with van der Waals surface area (Å²) < 4.78 is 39.0. The highest BCUT2D eigenvalue weighted by Gasteiger charge is 2.22. The molecule has 1 aromatic carbocycles. The molecule has 0 aromatic heterocycles. The molecule has 0 spiro atoms. The van der Waals surface area contributed by atoms with Crippen molar-refractivity contribution in [2.75, 3.05) is 0 Å². The first-order valence-electron chi connectivity index (χ1n) is 5.90. The van der Waals surface area contributed by atoms with Gasteiger partial charge in [-0.3, -0.25) is 4.79 Å². The predicted octanol–water partition coefficient (Wildman–Crippen LogP) is 3.33. The van der Waals surface area contributed by atoms with E-state index in [1.807, 2.05) is 19.1 Å². The highest BCUT2D eigenvalue weighted by Crippen LogP contribution is 2.19. The Morgan fingerprint density at radius 3 is 2.24 bits per heavy atom. The van der Waals surface area contributed by atoms with Gasteiger partial charge in [0, 0.05) is 24.5 Å². The second-order valence-electron chi connectivity index (χ2n) is 4.28. The molecule has 1 amide bonds. The van der Waals surface area contributed by atoms with Gasteiger partial charge in [0.05, 0.1) is 5.71 Å². The SMILES string of the molecule is C[C@@H]1CC(=O)NN=C1c1ccc([N+]#N)cc1.F[B-](F)(F)F. The Bertz CT molecular complexity index is 573. The van der Waals surface area contributed by atoms with Crippen molar-refractivity contribution in [3.63, 3.8) is 0 Å². The first-order valence-corrected chi connectivity index (χ1v) is 5.90. The fraction of sp³-hybridized carbons (Fsp3) is 0.273. The van der Waals surface area contributed by atoms with Crippen molar-refractivity contribution in [2.45, 2.75) is 13.3 Å². The number of nitrogens with zero attached hydrogens (tertiary/aromatic N) is 3. The lowest BCUT2D eigenvalue weighted by molar-refractivity contribution is -0.121. The molecule has 0 saturated carbocycles. The summed E-state index contributed by atoms with van der Waals surface area (Å²) in [6.45, 7) is 1.96. The summed E-state index contributed by atoms with van der Waals surface area (Å²) in [7, 11) is -6.00. The Hall–Kier alpha value is -2.44. The van der Waals surface area contributed by atoms with Crippen molar-refractivity contribution in [3.05, 3.63) is 34.8 Å². The van der Waals surface area contributed by atoms with E-state index in [4.69, 9.17) is 5.39 Å². The van der Waals surface area contributed by atoms with E-state index >= 15 is 0 Å². The van der Waals surface area contributed by atoms with Gasteiger partial charge in [0.1, 0.15) is 0 Å². The number of carbonyl (C=O) groups excluding carboxylic acids is 1. The largest absolute Gasteiger partial charge is 0.673 e. The van der Waals surface area contributed by atoms with Crippen molar-refractivity contribution in [3.8, 4) is 0 Å². The molecule has 112 valence electrons. The maximum atomic E-state index is 11.1. The first kappa shape index (κ1) is 16.6. The molecule has 0 saturated heterocycles. The van der Waals surface area contributed by atoms with Crippen LogP contribution in [0.2, 0.25) is 0 Å². The zero-order chi connectivity index (χ0) is 16.0. The highest BCUT2D eigenvalue weighted by atomic mass is 19.5. The zero-order valence-corrected chi connectivity index (χ0v) is 10.9. The van der Waals surface area contributed by atoms with Gasteiger partial charge in [-0.15, -0.1) is 0 Å². The van der Waals surface area contributed by atoms with Crippen molar-refractivity contribution in [1.82, 2.24) is 5.43 Å². The van der Waals surface area contributed by atoms with Gasteiger partial charge in [-0.25, -0.2) is 5.43 Å². The van der Waals surface area contributed by atoms with Crippen LogP contribution in [0.4, 0.5) is 23.0 Å². The van der Waals surface area contributed by atoms with Gasteiger partial charge in [-0.2, -0.15) is 5.10 Å². The van der Waals surface area contributed by atoms with Gasteiger partial charge in [-0.1, -0.05) is 6.92 Å². The summed E-state index contributed by atoms with van der Waals surface area (Å²) in [5, 5.41) is 12.6. The minimum Gasteiger partial charge on any atom is -0.418 e. The maximum absolute atomic E-state index is 11.1. The summed E-state index contributed by atoms with van der Waals surface area (Å²) in [6, 6.07) is 7.03. The molecule has 0 bridgehead atoms. The first-order chi connectivity index (χ1) is 9.70. The van der Waals surface area contributed by atoms with E-state index in [1.54, 1.807) is 12.1 Å². The number of amides is 1. The third kappa shape index (κ3) is 6.03. The standard InChI is InChI=1S/C11H10N4O.BF4/c1-7-6-10(16)14-15-11(7)8-2-4-9(13-12)5-3-8;2-1(3,4)5/h2-5,7H,6H2,1H3;/q;-1/p+1/t7-;/m1./s1. The monoisotopic (exact) mass is 302 g/mol. The molecule has 5 nitrogen and oxygen atoms in total. The molecule has 1 aliphatic rings. The molecule has 0 aliphatic carbocycles. The van der Waals surface area contributed by atoms with Gasteiger partial charge in [-0.05, 0) is 17.7 Å². The summed E-state index contributed by atoms with van der Waals surface area (Å²) in [5.41, 5.74) is 4.74. The van der Waals surface area contributed by atoms with E-state index in [0.29, 0.717) is 12.1 Å². The van der Waals surface area contributed by atoms with Gasteiger partial charge >= 0.3 is 12.9 Å². The van der Waals surface area contributed by atoms with Crippen molar-refractivity contribution < 1.29 is 22.1 Å². The molecule has 1 aliphatic heterocycles. The Morgan fingerprint density at radius 2 is 1.81 bits per heavy atom. The lowest BCUT2D eigenvalue weighted by Gasteiger charge is -2.18. The maximum Gasteiger partial charge on any atom is 0.673 e. The number of hydrogen-bond acceptors (Lipinski definition) is 3. The Labute approximate surface area is 117 Å². The van der Waals surface area contributed by atoms with Crippen molar-refractivity contribution in [2.24, 2.45) is 11.0 Å². The predicted molar refractivity (Wildman–Crippen MR) is 69.8 cm³/mol. The van der Waals surface area contributed by atoms with Gasteiger partial charge < -0.3 is 17.3 Å². The molecular weight excluding hydrogens is 291 g/mol. The van der Waals surface area contributed by atoms with Crippen LogP contribution < -0.4 is 5.43 Å². The average molecular weight is 302 g/mol. The molecule has 0 radical (unpaired) electrons. The second-order valence-corrected chi connectivity index (χ2v) is 4.28. The van der Waals surface area contributed by atoms with E-state index in [2.05, 4.69) is 15.5 Å². The van der Waals surface area contributed by atoms with Gasteiger partial charge in [0.2, 0.25) is 11.3 Å². The third-order valence-electron chi connectivity index (χ3n) is 2.54. The average Bonchev–Trinajstić information content (AvgIpc) is 2.37. The van der Waals surface area contributed by atoms with E-state index in [0.717, 1.165) is 11.3 Å². The fourth-order valence-electron chi connectivity index (χ4n) is 1.70. The highest BCUT2D eigenvalue weighted by molar-refractivity contribution is 6.50. The quantitative estimate of drug-likeness (QED) is 0.491. The zero-order valence-electron chi connectivity index (χ0n) is 10.9. The summed E-state index contributed by atoms with van der Waals surface area (Å²) in [5.74, 6) is 0.0453. The molecule has 0 unspecified atom stereocenters. The van der Waals surface area contributed by atoms with Crippen LogP contribution in [0.15, 0.2) is 29.4 Å². The number of rotatable bonds is 1. The third-order valence-corrected chi connectivity index (χ3v) is 2.54. The number of hydrazone groups is 1. The van der Waals surface area contributed by atoms with Crippen LogP contribution >= 0.6 is 0 Å². The number of halogens is 4. The van der Waals surface area contributed by atoms with Crippen LogP contribution in [0.5, 0.6) is 0 Å². The van der Waals surface area contributed by atoms with Crippen LogP contribution in [0, 0.1) is 11.3 Å². The molecule has 2 rings (SSSR count). The van der Waals surface area contributed by atoms with E-state index in [9.17, 15) is 22.1 Å². The number of hydrogen-bond donors (Lipinski definition) is 1. The normalized spacial score (nSPS) is 17.8. The van der Waals surface area contributed by atoms with Gasteiger partial charge in [0.15, 0.2) is 4.98 Å². The number of carbonyl (C=O) groups is 1. The second kappa shape index (κ2) is 6.83. The summed E-state index contributed by atoms with van der Waals surface area (Å²) in [6.07, 6.45) is 0.449. The van der Waals surface area contributed by atoms with E-state index in [1.165, 1.54) is 0 Å². The smallest absolute Gasteiger partial charge is 0.418 e. The van der Waals surface area contributed by atoms with Crippen molar-refractivity contribution >= 4 is 24.6 Å². The number of nitrogens with one attached hydrogen (secondary N) is 1. The molecule has 1 atom stereocenters. The molecule has 21 heavy (non-hydrogen) atoms. The van der Waals surface area contributed by atoms with Crippen LogP contribution in [0.25, 0.3) is 4.98 Å². The van der Waals surface area contributed by atoms with E-state index < -0.39 is 7.25 Å². The molecule has 10 heteroatoms. The van der Waals surface area contributed by atoms with Crippen LogP contribution in [-0.2, 0) is 4.79 Å². The van der Waals surface area contributed by atoms with Crippen LogP contribution in [0.3, 0.4) is 0 Å². The summed E-state index contributed by atoms with van der Waals surface area (Å²) in [4.78, 5) is 14.2. The number of benzene rings is 1. The molecule has 0 fully saturated rings. The Morgan fingerprint density at radius 1 is 1.29 bits per heavy atom. The van der Waals surface area contributed by atoms with Gasteiger partial charge in [0.25, 0.3) is 0 Å². The molecule has 1 aromatic rings. The number of diazo groups is 1. The summed E-state index contributed by atoms with van der Waals surface area (Å²) >= 11 is 0. The Balaban J connectivity index is 0.000000383. The molecular formula is C11H11BF4N4O. The van der Waals surface area contributed by atoms with Crippen LogP contribution in [-0.4, -0.2) is 18.9 Å². The lowest BCUT2D eigenvalue weighted by Crippen LogP contribution is -2.31. The fourth-order valence-corrected chi connectivity index (χ4v) is 1.70. The Kier molecular flexibility index (Phi) is 5.40. The molecule has 1 N–H and O–H groups in total. The van der Waals surface area contributed by atoms with Crippen LogP contribution in [0.1, 0.15) is 18.9 Å².